The van der Waals surface area contributed by atoms with E-state index in [9.17, 15) is 15.0 Å². The smallest absolute Gasteiger partial charge is 0.338 e. The van der Waals surface area contributed by atoms with E-state index in [0.29, 0.717) is 39.7 Å². The Labute approximate surface area is 158 Å². The largest absolute Gasteiger partial charge is 0.507 e. The van der Waals surface area contributed by atoms with E-state index in [-0.39, 0.29) is 31.5 Å². The van der Waals surface area contributed by atoms with Crippen molar-refractivity contribution in [2.24, 2.45) is 5.92 Å². The highest BCUT2D eigenvalue weighted by atomic mass is 16.7. The van der Waals surface area contributed by atoms with Crippen molar-refractivity contribution >= 4 is 11.7 Å². The summed E-state index contributed by atoms with van der Waals surface area (Å²) < 4.78 is 26.8. The van der Waals surface area contributed by atoms with Gasteiger partial charge in [-0.1, -0.05) is 6.07 Å². The summed E-state index contributed by atoms with van der Waals surface area (Å²) in [5.41, 5.74) is -0.406. The summed E-state index contributed by atoms with van der Waals surface area (Å²) in [5.74, 6) is 0.317. The number of esters is 1. The summed E-state index contributed by atoms with van der Waals surface area (Å²) in [6.07, 6.45) is 0. The molecular weight excluding hydrogens is 368 g/mol. The average Bonchev–Trinajstić information content (AvgIpc) is 3.43. The van der Waals surface area contributed by atoms with Crippen LogP contribution >= 0.6 is 0 Å². The van der Waals surface area contributed by atoms with E-state index in [4.69, 9.17) is 23.7 Å². The molecule has 8 heteroatoms. The van der Waals surface area contributed by atoms with Gasteiger partial charge in [-0.15, -0.1) is 0 Å². The van der Waals surface area contributed by atoms with Gasteiger partial charge < -0.3 is 33.9 Å². The SMILES string of the molecule is O=C1OCC2C1=C(O)c1cc3c(cc1C2(O)c1ccc2c(c1)OCO2)OCO3. The Balaban J connectivity index is 1.64. The first-order valence-corrected chi connectivity index (χ1v) is 8.74. The Morgan fingerprint density at radius 3 is 2.36 bits per heavy atom. The Morgan fingerprint density at radius 1 is 0.893 bits per heavy atom. The van der Waals surface area contributed by atoms with Crippen molar-refractivity contribution in [1.29, 1.82) is 0 Å². The van der Waals surface area contributed by atoms with Crippen molar-refractivity contribution in [1.82, 2.24) is 0 Å². The number of carbonyl (C=O) groups excluding carboxylic acids is 1. The van der Waals surface area contributed by atoms with Crippen LogP contribution in [0.3, 0.4) is 0 Å². The second-order valence-electron chi connectivity index (χ2n) is 7.00. The van der Waals surface area contributed by atoms with Crippen LogP contribution < -0.4 is 18.9 Å². The number of benzene rings is 2. The van der Waals surface area contributed by atoms with E-state index in [2.05, 4.69) is 0 Å². The van der Waals surface area contributed by atoms with Crippen molar-refractivity contribution in [2.45, 2.75) is 5.60 Å². The van der Waals surface area contributed by atoms with Gasteiger partial charge in [0.2, 0.25) is 13.6 Å². The Hall–Kier alpha value is -3.39. The van der Waals surface area contributed by atoms with Gasteiger partial charge in [-0.3, -0.25) is 0 Å². The number of cyclic esters (lactones) is 1. The van der Waals surface area contributed by atoms with Crippen molar-refractivity contribution < 1.29 is 38.7 Å². The number of carbonyl (C=O) groups is 1. The van der Waals surface area contributed by atoms with Crippen LogP contribution in [0, 0.1) is 5.92 Å². The van der Waals surface area contributed by atoms with Crippen LogP contribution in [-0.4, -0.2) is 36.4 Å². The summed E-state index contributed by atoms with van der Waals surface area (Å²) in [5, 5.41) is 22.8. The van der Waals surface area contributed by atoms with Crippen LogP contribution in [0.15, 0.2) is 35.9 Å². The first-order chi connectivity index (χ1) is 13.6. The molecule has 2 atom stereocenters. The van der Waals surface area contributed by atoms with Crippen LogP contribution in [0.2, 0.25) is 0 Å². The minimum Gasteiger partial charge on any atom is -0.507 e. The molecule has 142 valence electrons. The lowest BCUT2D eigenvalue weighted by Crippen LogP contribution is -2.41. The molecule has 0 aromatic heterocycles. The lowest BCUT2D eigenvalue weighted by Gasteiger charge is -2.38. The maximum absolute atomic E-state index is 12.3. The molecule has 1 aliphatic carbocycles. The average molecular weight is 382 g/mol. The van der Waals surface area contributed by atoms with E-state index < -0.39 is 17.5 Å². The van der Waals surface area contributed by atoms with E-state index >= 15 is 0 Å². The topological polar surface area (TPSA) is 104 Å². The Kier molecular flexibility index (Phi) is 2.85. The van der Waals surface area contributed by atoms with Crippen molar-refractivity contribution in [3.63, 3.8) is 0 Å². The quantitative estimate of drug-likeness (QED) is 0.720. The highest BCUT2D eigenvalue weighted by Gasteiger charge is 2.55. The number of aliphatic hydroxyl groups excluding tert-OH is 1. The van der Waals surface area contributed by atoms with Crippen molar-refractivity contribution in [2.75, 3.05) is 20.2 Å². The monoisotopic (exact) mass is 382 g/mol. The van der Waals surface area contributed by atoms with Gasteiger partial charge in [-0.25, -0.2) is 4.79 Å². The Morgan fingerprint density at radius 2 is 1.57 bits per heavy atom. The molecule has 28 heavy (non-hydrogen) atoms. The fourth-order valence-electron chi connectivity index (χ4n) is 4.33. The molecule has 1 saturated heterocycles. The molecule has 0 bridgehead atoms. The predicted molar refractivity (Wildman–Crippen MR) is 92.1 cm³/mol. The lowest BCUT2D eigenvalue weighted by molar-refractivity contribution is -0.135. The van der Waals surface area contributed by atoms with Crippen LogP contribution in [0.4, 0.5) is 0 Å². The van der Waals surface area contributed by atoms with Crippen LogP contribution in [0.5, 0.6) is 23.0 Å². The zero-order valence-electron chi connectivity index (χ0n) is 14.4. The second-order valence-corrected chi connectivity index (χ2v) is 7.00. The van der Waals surface area contributed by atoms with Gasteiger partial charge in [0.25, 0.3) is 0 Å². The highest BCUT2D eigenvalue weighted by Crippen LogP contribution is 2.54. The molecule has 4 aliphatic rings. The number of hydrogen-bond donors (Lipinski definition) is 2. The van der Waals surface area contributed by atoms with Gasteiger partial charge >= 0.3 is 5.97 Å². The summed E-state index contributed by atoms with van der Waals surface area (Å²) in [4.78, 5) is 12.3. The number of hydrogen-bond acceptors (Lipinski definition) is 8. The molecule has 0 saturated carbocycles. The maximum atomic E-state index is 12.3. The molecule has 8 nitrogen and oxygen atoms in total. The highest BCUT2D eigenvalue weighted by molar-refractivity contribution is 6.00. The van der Waals surface area contributed by atoms with Gasteiger partial charge in [-0.2, -0.15) is 0 Å². The third kappa shape index (κ3) is 1.80. The molecule has 0 radical (unpaired) electrons. The minimum absolute atomic E-state index is 0.0451. The normalized spacial score (nSPS) is 26.2. The van der Waals surface area contributed by atoms with Crippen LogP contribution in [0.25, 0.3) is 5.76 Å². The molecule has 0 spiro atoms. The van der Waals surface area contributed by atoms with Crippen LogP contribution in [-0.2, 0) is 15.1 Å². The number of rotatable bonds is 1. The van der Waals surface area contributed by atoms with Crippen molar-refractivity contribution in [3.05, 3.63) is 52.6 Å². The molecule has 2 aromatic rings. The number of ether oxygens (including phenoxy) is 5. The van der Waals surface area contributed by atoms with Gasteiger partial charge in [0.1, 0.15) is 18.0 Å². The standard InChI is InChI=1S/C20H14O8/c21-18-10-4-15-16(28-8-27-15)5-11(10)20(23,12-6-24-19(22)17(12)18)9-1-2-13-14(3-9)26-7-25-13/h1-5,12,21,23H,6-8H2. The molecule has 2 N–H and O–H groups in total. The third-order valence-electron chi connectivity index (χ3n) is 5.70. The van der Waals surface area contributed by atoms with Gasteiger partial charge in [0, 0.05) is 11.1 Å². The minimum atomic E-state index is -1.65. The fourth-order valence-corrected chi connectivity index (χ4v) is 4.33. The Bertz CT molecular complexity index is 1090. The number of fused-ring (bicyclic) bond motifs is 4. The third-order valence-corrected chi connectivity index (χ3v) is 5.70. The molecule has 0 amide bonds. The summed E-state index contributed by atoms with van der Waals surface area (Å²) in [6, 6.07) is 8.31. The molecule has 6 rings (SSSR count). The molecule has 2 aromatic carbocycles. The second kappa shape index (κ2) is 5.11. The fraction of sp³-hybridized carbons (Fsp3) is 0.250. The zero-order valence-corrected chi connectivity index (χ0v) is 14.4. The first-order valence-electron chi connectivity index (χ1n) is 8.74. The van der Waals surface area contributed by atoms with E-state index in [1.54, 1.807) is 30.3 Å². The summed E-state index contributed by atoms with van der Waals surface area (Å²) in [6.45, 7) is 0.0873. The zero-order chi connectivity index (χ0) is 19.0. The van der Waals surface area contributed by atoms with E-state index in [1.807, 2.05) is 0 Å². The maximum Gasteiger partial charge on any atom is 0.338 e. The van der Waals surface area contributed by atoms with Gasteiger partial charge in [0.15, 0.2) is 23.0 Å². The number of aliphatic hydroxyl groups is 2. The molecule has 2 unspecified atom stereocenters. The van der Waals surface area contributed by atoms with Gasteiger partial charge in [-0.05, 0) is 29.8 Å². The van der Waals surface area contributed by atoms with E-state index in [1.165, 1.54) is 0 Å². The summed E-state index contributed by atoms with van der Waals surface area (Å²) in [7, 11) is 0. The van der Waals surface area contributed by atoms with Gasteiger partial charge in [0.05, 0.1) is 11.5 Å². The molecule has 3 heterocycles. The first kappa shape index (κ1) is 15.6. The van der Waals surface area contributed by atoms with Crippen LogP contribution in [0.1, 0.15) is 16.7 Å². The molecule has 3 aliphatic heterocycles. The lowest BCUT2D eigenvalue weighted by atomic mass is 9.68. The summed E-state index contributed by atoms with van der Waals surface area (Å²) >= 11 is 0. The molecule has 1 fully saturated rings. The predicted octanol–water partition coefficient (Wildman–Crippen LogP) is 1.84. The van der Waals surface area contributed by atoms with Crippen molar-refractivity contribution in [3.8, 4) is 23.0 Å². The van der Waals surface area contributed by atoms with E-state index in [0.717, 1.165) is 0 Å². The molecular formula is C20H14O8.